The predicted molar refractivity (Wildman–Crippen MR) is 102 cm³/mol. The molecule has 1 atom stereocenters. The maximum atomic E-state index is 12.7. The fourth-order valence-electron chi connectivity index (χ4n) is 3.63. The van der Waals surface area contributed by atoms with E-state index in [4.69, 9.17) is 0 Å². The zero-order valence-electron chi connectivity index (χ0n) is 14.6. The summed E-state index contributed by atoms with van der Waals surface area (Å²) in [6, 6.07) is 14.5. The number of thiophene rings is 1. The molecule has 1 aliphatic rings. The average molecular weight is 366 g/mol. The molecule has 1 aliphatic heterocycles. The minimum absolute atomic E-state index is 0.174. The molecule has 134 valence electrons. The second kappa shape index (κ2) is 7.83. The molecule has 1 unspecified atom stereocenters. The molecule has 0 saturated carbocycles. The molecule has 5 nitrogen and oxygen atoms in total. The molecule has 3 aromatic rings. The summed E-state index contributed by atoms with van der Waals surface area (Å²) in [5, 5.41) is 10.4. The number of aromatic nitrogens is 3. The van der Waals surface area contributed by atoms with Crippen LogP contribution in [0.2, 0.25) is 0 Å². The first-order chi connectivity index (χ1) is 12.8. The number of likely N-dealkylation sites (tertiary alicyclic amines) is 1. The van der Waals surface area contributed by atoms with Crippen LogP contribution in [0.4, 0.5) is 0 Å². The molecule has 0 N–H and O–H groups in total. The molecular formula is C20H22N4OS. The van der Waals surface area contributed by atoms with Crippen LogP contribution in [0.1, 0.15) is 40.3 Å². The standard InChI is InChI=1S/C20H22N4OS/c25-20(18-9-5-13-26-18)24-12-4-8-17(24)10-11-19-22-21-15-23(19)14-16-6-2-1-3-7-16/h1-3,5-7,9,13,15,17H,4,8,10-12,14H2. The molecule has 3 heterocycles. The predicted octanol–water partition coefficient (Wildman–Crippen LogP) is 3.63. The van der Waals surface area contributed by atoms with Gasteiger partial charge in [0.15, 0.2) is 0 Å². The van der Waals surface area contributed by atoms with E-state index in [0.717, 1.165) is 49.5 Å². The highest BCUT2D eigenvalue weighted by Crippen LogP contribution is 2.25. The SMILES string of the molecule is O=C(c1cccs1)N1CCCC1CCc1nncn1Cc1ccccc1. The fourth-order valence-corrected chi connectivity index (χ4v) is 4.30. The lowest BCUT2D eigenvalue weighted by Crippen LogP contribution is -2.35. The molecule has 1 amide bonds. The van der Waals surface area contributed by atoms with E-state index in [1.54, 1.807) is 6.33 Å². The lowest BCUT2D eigenvalue weighted by Gasteiger charge is -2.24. The fraction of sp³-hybridized carbons (Fsp3) is 0.350. The van der Waals surface area contributed by atoms with Crippen molar-refractivity contribution in [3.05, 3.63) is 70.4 Å². The second-order valence-electron chi connectivity index (χ2n) is 6.67. The third kappa shape index (κ3) is 3.70. The molecule has 0 radical (unpaired) electrons. The Morgan fingerprint density at radius 3 is 2.88 bits per heavy atom. The Kier molecular flexibility index (Phi) is 5.11. The van der Waals surface area contributed by atoms with E-state index >= 15 is 0 Å². The van der Waals surface area contributed by atoms with Gasteiger partial charge in [-0.2, -0.15) is 0 Å². The number of amides is 1. The first-order valence-electron chi connectivity index (χ1n) is 9.06. The van der Waals surface area contributed by atoms with Crippen molar-refractivity contribution in [2.24, 2.45) is 0 Å². The highest BCUT2D eigenvalue weighted by Gasteiger charge is 2.29. The van der Waals surface area contributed by atoms with Gasteiger partial charge in [0.2, 0.25) is 0 Å². The molecule has 6 heteroatoms. The van der Waals surface area contributed by atoms with Gasteiger partial charge in [0.1, 0.15) is 12.2 Å². The monoisotopic (exact) mass is 366 g/mol. The number of nitrogens with zero attached hydrogens (tertiary/aromatic N) is 4. The minimum atomic E-state index is 0.174. The maximum absolute atomic E-state index is 12.7. The summed E-state index contributed by atoms with van der Waals surface area (Å²) >= 11 is 1.52. The van der Waals surface area contributed by atoms with Gasteiger partial charge >= 0.3 is 0 Å². The van der Waals surface area contributed by atoms with E-state index in [1.165, 1.54) is 16.9 Å². The molecule has 0 bridgehead atoms. The van der Waals surface area contributed by atoms with Crippen LogP contribution in [-0.4, -0.2) is 38.2 Å². The molecule has 2 aromatic heterocycles. The number of aryl methyl sites for hydroxylation is 1. The van der Waals surface area contributed by atoms with E-state index in [1.807, 2.05) is 40.6 Å². The van der Waals surface area contributed by atoms with Crippen LogP contribution in [0.25, 0.3) is 0 Å². The normalized spacial score (nSPS) is 16.9. The number of hydrogen-bond acceptors (Lipinski definition) is 4. The van der Waals surface area contributed by atoms with Gasteiger partial charge in [0, 0.05) is 19.0 Å². The molecule has 1 fully saturated rings. The lowest BCUT2D eigenvalue weighted by molar-refractivity contribution is 0.0735. The summed E-state index contributed by atoms with van der Waals surface area (Å²) in [7, 11) is 0. The number of carbonyl (C=O) groups is 1. The van der Waals surface area contributed by atoms with Gasteiger partial charge in [0.05, 0.1) is 11.4 Å². The van der Waals surface area contributed by atoms with Crippen LogP contribution >= 0.6 is 11.3 Å². The summed E-state index contributed by atoms with van der Waals surface area (Å²) in [4.78, 5) is 15.6. The zero-order valence-corrected chi connectivity index (χ0v) is 15.4. The van der Waals surface area contributed by atoms with Crippen molar-refractivity contribution in [2.75, 3.05) is 6.54 Å². The Labute approximate surface area is 157 Å². The molecule has 1 aromatic carbocycles. The van der Waals surface area contributed by atoms with E-state index in [2.05, 4.69) is 26.9 Å². The van der Waals surface area contributed by atoms with Gasteiger partial charge in [-0.1, -0.05) is 36.4 Å². The zero-order chi connectivity index (χ0) is 17.8. The van der Waals surface area contributed by atoms with Gasteiger partial charge in [0.25, 0.3) is 5.91 Å². The van der Waals surface area contributed by atoms with E-state index in [-0.39, 0.29) is 5.91 Å². The van der Waals surface area contributed by atoms with Crippen molar-refractivity contribution < 1.29 is 4.79 Å². The molecule has 0 aliphatic carbocycles. The van der Waals surface area contributed by atoms with Gasteiger partial charge in [-0.25, -0.2) is 0 Å². The summed E-state index contributed by atoms with van der Waals surface area (Å²) < 4.78 is 2.11. The number of rotatable bonds is 6. The Morgan fingerprint density at radius 2 is 2.08 bits per heavy atom. The molecular weight excluding hydrogens is 344 g/mol. The van der Waals surface area contributed by atoms with Crippen molar-refractivity contribution in [3.63, 3.8) is 0 Å². The highest BCUT2D eigenvalue weighted by atomic mass is 32.1. The minimum Gasteiger partial charge on any atom is -0.335 e. The van der Waals surface area contributed by atoms with Crippen LogP contribution < -0.4 is 0 Å². The van der Waals surface area contributed by atoms with Crippen LogP contribution in [0, 0.1) is 0 Å². The maximum Gasteiger partial charge on any atom is 0.264 e. The topological polar surface area (TPSA) is 51.0 Å². The van der Waals surface area contributed by atoms with E-state index in [0.29, 0.717) is 6.04 Å². The van der Waals surface area contributed by atoms with Crippen molar-refractivity contribution in [1.82, 2.24) is 19.7 Å². The first kappa shape index (κ1) is 17.0. The number of hydrogen-bond donors (Lipinski definition) is 0. The first-order valence-corrected chi connectivity index (χ1v) is 9.94. The quantitative estimate of drug-likeness (QED) is 0.669. The van der Waals surface area contributed by atoms with Gasteiger partial charge in [-0.15, -0.1) is 21.5 Å². The van der Waals surface area contributed by atoms with Crippen LogP contribution in [-0.2, 0) is 13.0 Å². The molecule has 1 saturated heterocycles. The Morgan fingerprint density at radius 1 is 1.19 bits per heavy atom. The third-order valence-corrected chi connectivity index (χ3v) is 5.82. The van der Waals surface area contributed by atoms with Crippen molar-refractivity contribution in [2.45, 2.75) is 38.3 Å². The van der Waals surface area contributed by atoms with E-state index < -0.39 is 0 Å². The van der Waals surface area contributed by atoms with Crippen LogP contribution in [0.15, 0.2) is 54.2 Å². The Balaban J connectivity index is 1.40. The van der Waals surface area contributed by atoms with Crippen molar-refractivity contribution in [3.8, 4) is 0 Å². The number of carbonyl (C=O) groups excluding carboxylic acids is 1. The highest BCUT2D eigenvalue weighted by molar-refractivity contribution is 7.12. The van der Waals surface area contributed by atoms with Gasteiger partial charge < -0.3 is 9.47 Å². The Bertz CT molecular complexity index is 844. The summed E-state index contributed by atoms with van der Waals surface area (Å²) in [5.74, 6) is 1.16. The third-order valence-electron chi connectivity index (χ3n) is 4.96. The molecule has 4 rings (SSSR count). The van der Waals surface area contributed by atoms with Crippen molar-refractivity contribution in [1.29, 1.82) is 0 Å². The molecule has 26 heavy (non-hydrogen) atoms. The van der Waals surface area contributed by atoms with Crippen LogP contribution in [0.5, 0.6) is 0 Å². The summed E-state index contributed by atoms with van der Waals surface area (Å²) in [6.07, 6.45) is 5.73. The average Bonchev–Trinajstić information content (AvgIpc) is 3.42. The summed E-state index contributed by atoms with van der Waals surface area (Å²) in [6.45, 7) is 1.64. The lowest BCUT2D eigenvalue weighted by atomic mass is 10.1. The Hall–Kier alpha value is -2.47. The van der Waals surface area contributed by atoms with E-state index in [9.17, 15) is 4.79 Å². The van der Waals surface area contributed by atoms with Gasteiger partial charge in [-0.3, -0.25) is 4.79 Å². The van der Waals surface area contributed by atoms with Crippen molar-refractivity contribution >= 4 is 17.2 Å². The smallest absolute Gasteiger partial charge is 0.264 e. The molecule has 0 spiro atoms. The van der Waals surface area contributed by atoms with Gasteiger partial charge in [-0.05, 0) is 36.3 Å². The second-order valence-corrected chi connectivity index (χ2v) is 7.62. The number of benzene rings is 1. The van der Waals surface area contributed by atoms with Crippen LogP contribution in [0.3, 0.4) is 0 Å². The largest absolute Gasteiger partial charge is 0.335 e. The summed E-state index contributed by atoms with van der Waals surface area (Å²) in [5.41, 5.74) is 1.24.